The van der Waals surface area contributed by atoms with Crippen LogP contribution < -0.4 is 10.6 Å². The van der Waals surface area contributed by atoms with E-state index in [1.165, 1.54) is 12.8 Å². The molecule has 0 aromatic rings. The van der Waals surface area contributed by atoms with Gasteiger partial charge in [-0.2, -0.15) is 0 Å². The first-order chi connectivity index (χ1) is 10.4. The van der Waals surface area contributed by atoms with Crippen LogP contribution in [0, 0.1) is 0 Å². The molecular formula is C18H40N2O2Si. The Labute approximate surface area is 144 Å². The molecular weight excluding hydrogens is 304 g/mol. The molecule has 3 N–H and O–H groups in total. The number of hydrogen-bond donors (Lipinski definition) is 3. The first-order valence-electron chi connectivity index (χ1n) is 9.21. The van der Waals surface area contributed by atoms with Crippen molar-refractivity contribution < 1.29 is 9.53 Å². The summed E-state index contributed by atoms with van der Waals surface area (Å²) in [4.78, 5) is 0. The molecule has 2 heterocycles. The van der Waals surface area contributed by atoms with Crippen LogP contribution in [0.15, 0.2) is 0 Å². The predicted octanol–water partition coefficient (Wildman–Crippen LogP) is 3.27. The molecule has 0 spiro atoms. The maximum atomic E-state index is 9.31. The molecule has 4 nitrogen and oxygen atoms in total. The topological polar surface area (TPSA) is 53.5 Å². The Balaban J connectivity index is 0.000000277. The molecule has 2 aliphatic rings. The lowest BCUT2D eigenvalue weighted by Gasteiger charge is -2.46. The van der Waals surface area contributed by atoms with Crippen LogP contribution >= 0.6 is 0 Å². The van der Waals surface area contributed by atoms with Gasteiger partial charge in [0.25, 0.3) is 0 Å². The maximum absolute atomic E-state index is 9.31. The van der Waals surface area contributed by atoms with Gasteiger partial charge in [-0.15, -0.1) is 0 Å². The standard InChI is InChI=1S/C12H27NOSi.C6H13NO/c1-11(2,3)15(5,6)14-12(4)8-7-9-13-10-12;1-6(8)3-2-4-7-5-6/h13H,7-10H2,1-6H3;7-8H,2-5H2,1H3. The second-order valence-electron chi connectivity index (χ2n) is 9.37. The SMILES string of the molecule is CC1(O)CCCNC1.CC1(O[Si](C)(C)C(C)(C)C)CCCNC1. The van der Waals surface area contributed by atoms with Gasteiger partial charge in [-0.05, 0) is 70.8 Å². The fraction of sp³-hybridized carbons (Fsp3) is 1.00. The van der Waals surface area contributed by atoms with Crippen LogP contribution in [0.5, 0.6) is 0 Å². The van der Waals surface area contributed by atoms with Crippen molar-refractivity contribution >= 4 is 8.32 Å². The Morgan fingerprint density at radius 2 is 1.48 bits per heavy atom. The van der Waals surface area contributed by atoms with Gasteiger partial charge in [-0.3, -0.25) is 0 Å². The molecule has 138 valence electrons. The van der Waals surface area contributed by atoms with Crippen molar-refractivity contribution in [1.82, 2.24) is 10.6 Å². The van der Waals surface area contributed by atoms with E-state index in [1.807, 2.05) is 6.92 Å². The summed E-state index contributed by atoms with van der Waals surface area (Å²) in [7, 11) is -1.60. The molecule has 0 amide bonds. The largest absolute Gasteiger partial charge is 0.410 e. The highest BCUT2D eigenvalue weighted by Gasteiger charge is 2.43. The van der Waals surface area contributed by atoms with E-state index in [4.69, 9.17) is 4.43 Å². The highest BCUT2D eigenvalue weighted by atomic mass is 28.4. The monoisotopic (exact) mass is 344 g/mol. The fourth-order valence-corrected chi connectivity index (χ4v) is 4.64. The molecule has 2 fully saturated rings. The molecule has 0 aliphatic carbocycles. The zero-order valence-electron chi connectivity index (χ0n) is 16.5. The first kappa shape index (κ1) is 21.1. The first-order valence-corrected chi connectivity index (χ1v) is 12.1. The van der Waals surface area contributed by atoms with Crippen molar-refractivity contribution in [2.45, 2.75) is 89.6 Å². The molecule has 0 bridgehead atoms. The Kier molecular flexibility index (Phi) is 7.30. The van der Waals surface area contributed by atoms with Crippen molar-refractivity contribution in [3.8, 4) is 0 Å². The average Bonchev–Trinajstić information content (AvgIpc) is 2.37. The fourth-order valence-electron chi connectivity index (χ4n) is 2.93. The van der Waals surface area contributed by atoms with Crippen molar-refractivity contribution in [3.63, 3.8) is 0 Å². The summed E-state index contributed by atoms with van der Waals surface area (Å²) in [5, 5.41) is 16.2. The lowest BCUT2D eigenvalue weighted by Crippen LogP contribution is -2.54. The third-order valence-electron chi connectivity index (χ3n) is 5.44. The highest BCUT2D eigenvalue weighted by Crippen LogP contribution is 2.40. The second-order valence-corrected chi connectivity index (χ2v) is 14.1. The second kappa shape index (κ2) is 7.96. The number of nitrogens with one attached hydrogen (secondary N) is 2. The Bertz CT molecular complexity index is 351. The summed E-state index contributed by atoms with van der Waals surface area (Å²) in [6.07, 6.45) is 4.49. The van der Waals surface area contributed by atoms with Gasteiger partial charge in [0.1, 0.15) is 0 Å². The third kappa shape index (κ3) is 7.22. The van der Waals surface area contributed by atoms with E-state index in [1.54, 1.807) is 0 Å². The van der Waals surface area contributed by atoms with E-state index in [-0.39, 0.29) is 5.60 Å². The lowest BCUT2D eigenvalue weighted by atomic mass is 9.97. The molecule has 2 unspecified atom stereocenters. The number of rotatable bonds is 2. The summed E-state index contributed by atoms with van der Waals surface area (Å²) in [6, 6.07) is 0. The minimum absolute atomic E-state index is 0.0707. The Morgan fingerprint density at radius 1 is 0.957 bits per heavy atom. The zero-order valence-corrected chi connectivity index (χ0v) is 17.5. The van der Waals surface area contributed by atoms with E-state index in [9.17, 15) is 5.11 Å². The van der Waals surface area contributed by atoms with Gasteiger partial charge >= 0.3 is 0 Å². The maximum Gasteiger partial charge on any atom is 0.192 e. The minimum Gasteiger partial charge on any atom is -0.410 e. The molecule has 0 saturated carbocycles. The van der Waals surface area contributed by atoms with Crippen molar-refractivity contribution in [2.75, 3.05) is 26.2 Å². The van der Waals surface area contributed by atoms with Crippen molar-refractivity contribution in [3.05, 3.63) is 0 Å². The summed E-state index contributed by atoms with van der Waals surface area (Å²) in [5.74, 6) is 0. The number of piperidine rings is 2. The van der Waals surface area contributed by atoms with Gasteiger partial charge < -0.3 is 20.2 Å². The summed E-state index contributed by atoms with van der Waals surface area (Å²) in [5.41, 5.74) is -0.362. The normalized spacial score (nSPS) is 32.9. The quantitative estimate of drug-likeness (QED) is 0.673. The van der Waals surface area contributed by atoms with Crippen molar-refractivity contribution in [2.24, 2.45) is 0 Å². The van der Waals surface area contributed by atoms with Crippen LogP contribution in [0.25, 0.3) is 0 Å². The van der Waals surface area contributed by atoms with Crippen LogP contribution in [0.3, 0.4) is 0 Å². The van der Waals surface area contributed by atoms with E-state index < -0.39 is 13.9 Å². The molecule has 2 rings (SSSR count). The molecule has 0 radical (unpaired) electrons. The number of β-amino-alcohol motifs (C(OH)–C–C–N with tert-alkyl or cyclic N) is 1. The van der Waals surface area contributed by atoms with Crippen LogP contribution in [0.2, 0.25) is 18.1 Å². The highest BCUT2D eigenvalue weighted by molar-refractivity contribution is 6.74. The van der Waals surface area contributed by atoms with Gasteiger partial charge in [0.05, 0.1) is 11.2 Å². The molecule has 2 aliphatic heterocycles. The van der Waals surface area contributed by atoms with E-state index in [2.05, 4.69) is 51.4 Å². The molecule has 2 saturated heterocycles. The van der Waals surface area contributed by atoms with Crippen LogP contribution in [-0.4, -0.2) is 50.8 Å². The smallest absolute Gasteiger partial charge is 0.192 e. The summed E-state index contributed by atoms with van der Waals surface area (Å²) in [6.45, 7) is 19.7. The number of hydrogen-bond acceptors (Lipinski definition) is 4. The molecule has 0 aromatic carbocycles. The minimum atomic E-state index is -1.60. The van der Waals surface area contributed by atoms with Crippen molar-refractivity contribution in [1.29, 1.82) is 0 Å². The molecule has 2 atom stereocenters. The van der Waals surface area contributed by atoms with E-state index in [0.29, 0.717) is 5.04 Å². The molecule has 23 heavy (non-hydrogen) atoms. The summed E-state index contributed by atoms with van der Waals surface area (Å²) >= 11 is 0. The zero-order chi connectivity index (χ0) is 17.8. The van der Waals surface area contributed by atoms with E-state index in [0.717, 1.165) is 39.0 Å². The Morgan fingerprint density at radius 3 is 1.78 bits per heavy atom. The third-order valence-corrected chi connectivity index (χ3v) is 10.1. The van der Waals surface area contributed by atoms with Crippen LogP contribution in [0.4, 0.5) is 0 Å². The molecule has 0 aromatic heterocycles. The van der Waals surface area contributed by atoms with Crippen LogP contribution in [0.1, 0.15) is 60.3 Å². The predicted molar refractivity (Wildman–Crippen MR) is 102 cm³/mol. The van der Waals surface area contributed by atoms with Gasteiger partial charge in [0.15, 0.2) is 8.32 Å². The average molecular weight is 345 g/mol. The number of aliphatic hydroxyl groups is 1. The van der Waals surface area contributed by atoms with Crippen LogP contribution in [-0.2, 0) is 4.43 Å². The van der Waals surface area contributed by atoms with Gasteiger partial charge in [-0.1, -0.05) is 20.8 Å². The van der Waals surface area contributed by atoms with Gasteiger partial charge in [-0.25, -0.2) is 0 Å². The molecule has 5 heteroatoms. The lowest BCUT2D eigenvalue weighted by molar-refractivity contribution is 0.0351. The van der Waals surface area contributed by atoms with Gasteiger partial charge in [0.2, 0.25) is 0 Å². The Hall–Kier alpha value is 0.0569. The van der Waals surface area contributed by atoms with E-state index >= 15 is 0 Å². The van der Waals surface area contributed by atoms with Gasteiger partial charge in [0, 0.05) is 13.1 Å². The summed E-state index contributed by atoms with van der Waals surface area (Å²) < 4.78 is 6.51.